The van der Waals surface area contributed by atoms with Crippen LogP contribution in [0.4, 0.5) is 0 Å². The molecule has 0 aromatic heterocycles. The Balaban J connectivity index is 2.71. The molecule has 1 heteroatoms. The Kier molecular flexibility index (Phi) is 1.39. The monoisotopic (exact) mass is 111 g/mol. The molecule has 1 aliphatic rings. The van der Waals surface area contributed by atoms with Crippen LogP contribution >= 0.6 is 0 Å². The average Bonchev–Trinajstić information content (AvgIpc) is 1.98. The molecule has 1 atom stereocenters. The molecule has 0 bridgehead atoms. The van der Waals surface area contributed by atoms with E-state index < -0.39 is 0 Å². The first-order valence-corrected chi connectivity index (χ1v) is 3.11. The maximum Gasteiger partial charge on any atom is 0.0254 e. The molecule has 1 nitrogen and oxygen atoms in total. The van der Waals surface area contributed by atoms with E-state index in [4.69, 9.17) is 0 Å². The second-order valence-electron chi connectivity index (χ2n) is 2.57. The Morgan fingerprint density at radius 1 is 1.50 bits per heavy atom. The van der Waals surface area contributed by atoms with E-state index in [0.29, 0.717) is 6.04 Å². The Bertz CT molecular complexity index is 124. The Morgan fingerprint density at radius 3 is 2.25 bits per heavy atom. The molecule has 1 unspecified atom stereocenters. The van der Waals surface area contributed by atoms with Crippen LogP contribution in [0.25, 0.3) is 0 Å². The van der Waals surface area contributed by atoms with Gasteiger partial charge in [-0.3, -0.25) is 0 Å². The fourth-order valence-electron chi connectivity index (χ4n) is 0.968. The Hall–Kier alpha value is -0.300. The summed E-state index contributed by atoms with van der Waals surface area (Å²) < 4.78 is 0. The molecular formula is C7H13N. The molecule has 0 aromatic rings. The normalized spacial score (nSPS) is 29.6. The van der Waals surface area contributed by atoms with Crippen molar-refractivity contribution in [3.63, 3.8) is 0 Å². The summed E-state index contributed by atoms with van der Waals surface area (Å²) in [5, 5.41) is 3.34. The average molecular weight is 111 g/mol. The van der Waals surface area contributed by atoms with Gasteiger partial charge in [0.25, 0.3) is 0 Å². The maximum absolute atomic E-state index is 3.34. The lowest BCUT2D eigenvalue weighted by Crippen LogP contribution is -2.19. The zero-order valence-corrected chi connectivity index (χ0v) is 5.78. The van der Waals surface area contributed by atoms with Gasteiger partial charge in [0.2, 0.25) is 0 Å². The summed E-state index contributed by atoms with van der Waals surface area (Å²) in [6.07, 6.45) is 0. The fraction of sp³-hybridized carbons (Fsp3) is 0.714. The third-order valence-corrected chi connectivity index (χ3v) is 2.00. The molecular weight excluding hydrogens is 98.1 g/mol. The van der Waals surface area contributed by atoms with Crippen LogP contribution in [0, 0.1) is 0 Å². The van der Waals surface area contributed by atoms with Crippen molar-refractivity contribution in [1.82, 2.24) is 5.32 Å². The lowest BCUT2D eigenvalue weighted by Gasteiger charge is -2.01. The molecule has 0 amide bonds. The van der Waals surface area contributed by atoms with Gasteiger partial charge in [0.15, 0.2) is 0 Å². The van der Waals surface area contributed by atoms with Crippen molar-refractivity contribution >= 4 is 0 Å². The van der Waals surface area contributed by atoms with Gasteiger partial charge in [0, 0.05) is 12.6 Å². The van der Waals surface area contributed by atoms with Crippen molar-refractivity contribution in [2.24, 2.45) is 0 Å². The second-order valence-corrected chi connectivity index (χ2v) is 2.57. The molecule has 8 heavy (non-hydrogen) atoms. The molecule has 0 aromatic carbocycles. The Labute approximate surface area is 50.8 Å². The van der Waals surface area contributed by atoms with Crippen LogP contribution in [0.3, 0.4) is 0 Å². The van der Waals surface area contributed by atoms with Gasteiger partial charge in [0.05, 0.1) is 0 Å². The molecule has 0 saturated carbocycles. The van der Waals surface area contributed by atoms with Gasteiger partial charge in [-0.25, -0.2) is 0 Å². The molecule has 0 spiro atoms. The first-order valence-electron chi connectivity index (χ1n) is 3.11. The summed E-state index contributed by atoms with van der Waals surface area (Å²) in [6, 6.07) is 0.620. The van der Waals surface area contributed by atoms with E-state index in [9.17, 15) is 0 Å². The van der Waals surface area contributed by atoms with E-state index in [1.807, 2.05) is 0 Å². The maximum atomic E-state index is 3.34. The summed E-state index contributed by atoms with van der Waals surface area (Å²) in [5.41, 5.74) is 3.03. The van der Waals surface area contributed by atoms with Gasteiger partial charge >= 0.3 is 0 Å². The minimum atomic E-state index is 0.620. The van der Waals surface area contributed by atoms with Crippen molar-refractivity contribution < 1.29 is 0 Å². The summed E-state index contributed by atoms with van der Waals surface area (Å²) in [6.45, 7) is 7.67. The number of rotatable bonds is 0. The van der Waals surface area contributed by atoms with Gasteiger partial charge in [-0.15, -0.1) is 0 Å². The fourth-order valence-corrected chi connectivity index (χ4v) is 0.968. The van der Waals surface area contributed by atoms with Gasteiger partial charge in [-0.1, -0.05) is 11.1 Å². The van der Waals surface area contributed by atoms with Crippen molar-refractivity contribution in [2.75, 3.05) is 6.54 Å². The van der Waals surface area contributed by atoms with E-state index in [1.54, 1.807) is 0 Å². The van der Waals surface area contributed by atoms with Gasteiger partial charge in [0.1, 0.15) is 0 Å². The summed E-state index contributed by atoms with van der Waals surface area (Å²) in [5.74, 6) is 0. The third-order valence-electron chi connectivity index (χ3n) is 2.00. The predicted molar refractivity (Wildman–Crippen MR) is 35.8 cm³/mol. The van der Waals surface area contributed by atoms with Crippen LogP contribution in [0.15, 0.2) is 11.1 Å². The van der Waals surface area contributed by atoms with Gasteiger partial charge in [-0.05, 0) is 20.8 Å². The smallest absolute Gasteiger partial charge is 0.0254 e. The standard InChI is InChI=1S/C7H13N/c1-5-4-8-7(3)6(5)2/h7-8H,4H2,1-3H3. The first kappa shape index (κ1) is 5.83. The highest BCUT2D eigenvalue weighted by Crippen LogP contribution is 2.13. The third kappa shape index (κ3) is 0.781. The van der Waals surface area contributed by atoms with Crippen molar-refractivity contribution in [2.45, 2.75) is 26.8 Å². The van der Waals surface area contributed by atoms with Crippen molar-refractivity contribution in [3.8, 4) is 0 Å². The highest BCUT2D eigenvalue weighted by molar-refractivity contribution is 5.21. The van der Waals surface area contributed by atoms with Crippen LogP contribution in [0.1, 0.15) is 20.8 Å². The highest BCUT2D eigenvalue weighted by atomic mass is 14.9. The number of hydrogen-bond donors (Lipinski definition) is 1. The van der Waals surface area contributed by atoms with Crippen LogP contribution in [-0.4, -0.2) is 12.6 Å². The highest BCUT2D eigenvalue weighted by Gasteiger charge is 2.12. The summed E-state index contributed by atoms with van der Waals surface area (Å²) in [7, 11) is 0. The van der Waals surface area contributed by atoms with E-state index >= 15 is 0 Å². The topological polar surface area (TPSA) is 12.0 Å². The van der Waals surface area contributed by atoms with Gasteiger partial charge in [-0.2, -0.15) is 0 Å². The lowest BCUT2D eigenvalue weighted by atomic mass is 10.1. The van der Waals surface area contributed by atoms with Crippen LogP contribution in [-0.2, 0) is 0 Å². The van der Waals surface area contributed by atoms with E-state index in [1.165, 1.54) is 11.1 Å². The van der Waals surface area contributed by atoms with Gasteiger partial charge < -0.3 is 5.32 Å². The van der Waals surface area contributed by atoms with E-state index in [0.717, 1.165) is 6.54 Å². The summed E-state index contributed by atoms with van der Waals surface area (Å²) in [4.78, 5) is 0. The van der Waals surface area contributed by atoms with Crippen LogP contribution < -0.4 is 5.32 Å². The minimum Gasteiger partial charge on any atom is -0.307 e. The SMILES string of the molecule is CC1=C(C)C(C)NC1. The zero-order chi connectivity index (χ0) is 6.15. The van der Waals surface area contributed by atoms with Crippen LogP contribution in [0.5, 0.6) is 0 Å². The Morgan fingerprint density at radius 2 is 2.12 bits per heavy atom. The molecule has 0 saturated heterocycles. The molecule has 1 rings (SSSR count). The molecule has 1 heterocycles. The lowest BCUT2D eigenvalue weighted by molar-refractivity contribution is 0.699. The minimum absolute atomic E-state index is 0.620. The summed E-state index contributed by atoms with van der Waals surface area (Å²) >= 11 is 0. The molecule has 46 valence electrons. The molecule has 0 radical (unpaired) electrons. The van der Waals surface area contributed by atoms with Crippen molar-refractivity contribution in [1.29, 1.82) is 0 Å². The van der Waals surface area contributed by atoms with Crippen LogP contribution in [0.2, 0.25) is 0 Å². The quantitative estimate of drug-likeness (QED) is 0.465. The number of hydrogen-bond acceptors (Lipinski definition) is 1. The first-order chi connectivity index (χ1) is 3.72. The number of nitrogens with one attached hydrogen (secondary N) is 1. The largest absolute Gasteiger partial charge is 0.307 e. The molecule has 1 aliphatic heterocycles. The van der Waals surface area contributed by atoms with Crippen molar-refractivity contribution in [3.05, 3.63) is 11.1 Å². The molecule has 0 fully saturated rings. The van der Waals surface area contributed by atoms with E-state index in [2.05, 4.69) is 26.1 Å². The molecule has 0 aliphatic carbocycles. The second kappa shape index (κ2) is 1.90. The van der Waals surface area contributed by atoms with E-state index in [-0.39, 0.29) is 0 Å². The predicted octanol–water partition coefficient (Wildman–Crippen LogP) is 1.31. The zero-order valence-electron chi connectivity index (χ0n) is 5.78. The molecule has 1 N–H and O–H groups in total.